The molecule has 0 atom stereocenters. The Hall–Kier alpha value is -0.157. The van der Waals surface area contributed by atoms with Crippen LogP contribution in [0.3, 0.4) is 0 Å². The van der Waals surface area contributed by atoms with Gasteiger partial charge in [0, 0.05) is 0 Å². The van der Waals surface area contributed by atoms with E-state index in [0.29, 0.717) is 0 Å². The summed E-state index contributed by atoms with van der Waals surface area (Å²) in [6.07, 6.45) is 15.2. The molecule has 0 aromatic heterocycles. The standard InChI is InChI=1S/C7H9.C5H5.Zr.2H/c1-2-7-5-3-4-6-7;1-2-4-5-3-1;;;/h3,5H,2,4H2,1H3;1-3H,4H2;;;/q;;;2*-1. The molecule has 0 aromatic carbocycles. The Morgan fingerprint density at radius 2 is 2.31 bits per heavy atom. The monoisotopic (exact) mass is 250 g/mol. The van der Waals surface area contributed by atoms with E-state index in [1.165, 1.54) is 19.3 Å². The zero-order valence-electron chi connectivity index (χ0n) is 10.0. The molecule has 0 nitrogen and oxygen atoms in total. The van der Waals surface area contributed by atoms with Crippen molar-refractivity contribution in [2.24, 2.45) is 0 Å². The summed E-state index contributed by atoms with van der Waals surface area (Å²) in [7, 11) is 0. The third-order valence-electron chi connectivity index (χ3n) is 2.49. The largest absolute Gasteiger partial charge is 1.00 e. The first-order valence-corrected chi connectivity index (χ1v) is 7.37. The van der Waals surface area contributed by atoms with E-state index in [0.717, 1.165) is 0 Å². The van der Waals surface area contributed by atoms with Gasteiger partial charge in [-0.15, -0.1) is 0 Å². The number of hydrogen-bond donors (Lipinski definition) is 0. The molecule has 13 heavy (non-hydrogen) atoms. The smallest absolute Gasteiger partial charge is 1.00 e. The van der Waals surface area contributed by atoms with Crippen LogP contribution in [0, 0.1) is 0 Å². The van der Waals surface area contributed by atoms with E-state index in [9.17, 15) is 0 Å². The van der Waals surface area contributed by atoms with Crippen molar-refractivity contribution in [3.63, 3.8) is 0 Å². The van der Waals surface area contributed by atoms with Gasteiger partial charge in [-0.05, 0) is 0 Å². The molecule has 0 saturated heterocycles. The van der Waals surface area contributed by atoms with Crippen LogP contribution < -0.4 is 0 Å². The summed E-state index contributed by atoms with van der Waals surface area (Å²) in [6.45, 7) is 2.27. The second-order valence-corrected chi connectivity index (χ2v) is 7.09. The minimum Gasteiger partial charge on any atom is -1.00 e. The molecule has 2 aliphatic rings. The van der Waals surface area contributed by atoms with Gasteiger partial charge in [-0.3, -0.25) is 0 Å². The van der Waals surface area contributed by atoms with Gasteiger partial charge in [-0.1, -0.05) is 0 Å². The minimum atomic E-state index is -0.364. The fraction of sp³-hybridized carbons (Fsp3) is 0.333. The Labute approximate surface area is 94.6 Å². The molecule has 0 fully saturated rings. The second kappa shape index (κ2) is 4.37. The van der Waals surface area contributed by atoms with Gasteiger partial charge in [0.25, 0.3) is 0 Å². The van der Waals surface area contributed by atoms with E-state index in [1.807, 2.05) is 0 Å². The number of hydrogen-bond acceptors (Lipinski definition) is 0. The quantitative estimate of drug-likeness (QED) is 0.716. The van der Waals surface area contributed by atoms with Crippen molar-refractivity contribution in [1.29, 1.82) is 0 Å². The fourth-order valence-corrected chi connectivity index (χ4v) is 5.26. The van der Waals surface area contributed by atoms with Gasteiger partial charge < -0.3 is 2.85 Å². The summed E-state index contributed by atoms with van der Waals surface area (Å²) in [5.41, 5.74) is 1.64. The Bertz CT molecular complexity index is 325. The molecule has 0 radical (unpaired) electrons. The van der Waals surface area contributed by atoms with Crippen LogP contribution in [0.2, 0.25) is 0 Å². The first kappa shape index (κ1) is 9.40. The van der Waals surface area contributed by atoms with E-state index in [2.05, 4.69) is 37.3 Å². The Balaban J connectivity index is 0.000000980. The van der Waals surface area contributed by atoms with Crippen molar-refractivity contribution in [1.82, 2.24) is 0 Å². The van der Waals surface area contributed by atoms with Crippen LogP contribution in [0.25, 0.3) is 0 Å². The van der Waals surface area contributed by atoms with Crippen LogP contribution in [0.5, 0.6) is 0 Å². The normalized spacial score (nSPS) is 19.9. The molecule has 0 saturated carbocycles. The van der Waals surface area contributed by atoms with Crippen LogP contribution in [0.4, 0.5) is 0 Å². The Kier molecular flexibility index (Phi) is 3.16. The molecule has 0 unspecified atom stereocenters. The molecule has 0 aromatic rings. The van der Waals surface area contributed by atoms with Crippen molar-refractivity contribution in [2.75, 3.05) is 0 Å². The predicted molar refractivity (Wildman–Crippen MR) is 55.1 cm³/mol. The number of allylic oxidation sites excluding steroid dienone is 8. The second-order valence-electron chi connectivity index (χ2n) is 3.41. The summed E-state index contributed by atoms with van der Waals surface area (Å²) < 4.78 is 3.55. The first-order valence-electron chi connectivity index (χ1n) is 4.91. The minimum absolute atomic E-state index is 0. The average Bonchev–Trinajstić information content (AvgIpc) is 2.76. The van der Waals surface area contributed by atoms with Crippen LogP contribution in [0.1, 0.15) is 29.0 Å². The molecular weight excluding hydrogens is 235 g/mol. The van der Waals surface area contributed by atoms with E-state index < -0.39 is 0 Å². The molecular formula is C12H16Zr-2. The van der Waals surface area contributed by atoms with Gasteiger partial charge in [-0.2, -0.15) is 0 Å². The van der Waals surface area contributed by atoms with Crippen LogP contribution in [-0.4, -0.2) is 0 Å². The molecule has 2 rings (SSSR count). The average molecular weight is 251 g/mol. The van der Waals surface area contributed by atoms with Gasteiger partial charge in [0.2, 0.25) is 0 Å². The van der Waals surface area contributed by atoms with Gasteiger partial charge in [0.1, 0.15) is 0 Å². The van der Waals surface area contributed by atoms with Crippen LogP contribution in [-0.2, 0) is 23.2 Å². The topological polar surface area (TPSA) is 0 Å². The zero-order chi connectivity index (χ0) is 9.10. The zero-order valence-corrected chi connectivity index (χ0v) is 10.5. The molecule has 1 heteroatoms. The van der Waals surface area contributed by atoms with Crippen molar-refractivity contribution >= 4 is 0 Å². The first-order chi connectivity index (χ1) is 6.40. The molecule has 70 valence electrons. The van der Waals surface area contributed by atoms with Crippen molar-refractivity contribution in [3.05, 3.63) is 42.5 Å². The summed E-state index contributed by atoms with van der Waals surface area (Å²) >= 11 is -0.364. The van der Waals surface area contributed by atoms with E-state index in [1.54, 1.807) is 12.1 Å². The molecule has 0 aliphatic heterocycles. The van der Waals surface area contributed by atoms with Gasteiger partial charge in [-0.25, -0.2) is 0 Å². The Morgan fingerprint density at radius 3 is 3.00 bits per heavy atom. The Morgan fingerprint density at radius 1 is 1.38 bits per heavy atom. The predicted octanol–water partition coefficient (Wildman–Crippen LogP) is 3.76. The van der Waals surface area contributed by atoms with E-state index >= 15 is 0 Å². The van der Waals surface area contributed by atoms with Gasteiger partial charge in [0.05, 0.1) is 0 Å². The maximum atomic E-state index is 2.34. The van der Waals surface area contributed by atoms with Gasteiger partial charge >= 0.3 is 91.9 Å². The van der Waals surface area contributed by atoms with Gasteiger partial charge in [0.15, 0.2) is 0 Å². The third-order valence-corrected chi connectivity index (χ3v) is 6.23. The maximum absolute atomic E-state index is 2.34. The molecule has 0 spiro atoms. The summed E-state index contributed by atoms with van der Waals surface area (Å²) in [6, 6.07) is 0. The number of rotatable bonds is 3. The third kappa shape index (κ3) is 2.20. The fourth-order valence-electron chi connectivity index (χ4n) is 1.75. The molecule has 2 aliphatic carbocycles. The molecule has 0 heterocycles. The van der Waals surface area contributed by atoms with Crippen molar-refractivity contribution < 1.29 is 26.1 Å². The van der Waals surface area contributed by atoms with Crippen molar-refractivity contribution in [2.45, 2.75) is 26.2 Å². The van der Waals surface area contributed by atoms with Crippen LogP contribution >= 0.6 is 0 Å². The summed E-state index contributed by atoms with van der Waals surface area (Å²) in [4.78, 5) is 0. The SMILES string of the molecule is CCC1=[C]([Zr][C]2=CC=CC2)CC=C1.[H-].[H-]. The molecule has 0 N–H and O–H groups in total. The van der Waals surface area contributed by atoms with Crippen LogP contribution in [0.15, 0.2) is 42.5 Å². The van der Waals surface area contributed by atoms with Crippen molar-refractivity contribution in [3.8, 4) is 0 Å². The molecule has 0 amide bonds. The van der Waals surface area contributed by atoms with E-state index in [4.69, 9.17) is 0 Å². The van der Waals surface area contributed by atoms with E-state index in [-0.39, 0.29) is 26.1 Å². The maximum Gasteiger partial charge on any atom is -1.00 e. The summed E-state index contributed by atoms with van der Waals surface area (Å²) in [5, 5.41) is 0. The molecule has 0 bridgehead atoms. The summed E-state index contributed by atoms with van der Waals surface area (Å²) in [5.74, 6) is 0.